The molecule has 0 aromatic heterocycles. The lowest BCUT2D eigenvalue weighted by atomic mass is 9.86. The van der Waals surface area contributed by atoms with Gasteiger partial charge in [0.25, 0.3) is 0 Å². The van der Waals surface area contributed by atoms with Gasteiger partial charge in [-0.25, -0.2) is 0 Å². The van der Waals surface area contributed by atoms with Gasteiger partial charge >= 0.3 is 0 Å². The number of carbonyl (C=O) groups excluding carboxylic acids is 2. The highest BCUT2D eigenvalue weighted by Gasteiger charge is 2.30. The molecular formula is C26H25O6. The van der Waals surface area contributed by atoms with Gasteiger partial charge in [-0.3, -0.25) is 9.59 Å². The second-order valence-electron chi connectivity index (χ2n) is 7.08. The van der Waals surface area contributed by atoms with E-state index in [2.05, 4.69) is 6.07 Å². The summed E-state index contributed by atoms with van der Waals surface area (Å²) in [4.78, 5) is 27.7. The molecule has 0 aliphatic rings. The molecule has 0 heterocycles. The van der Waals surface area contributed by atoms with E-state index in [1.807, 2.05) is 0 Å². The predicted octanol–water partition coefficient (Wildman–Crippen LogP) is 4.60. The normalized spacial score (nSPS) is 10.4. The zero-order valence-corrected chi connectivity index (χ0v) is 19.0. The van der Waals surface area contributed by atoms with Gasteiger partial charge in [0.2, 0.25) is 11.6 Å². The number of hydrogen-bond acceptors (Lipinski definition) is 6. The Kier molecular flexibility index (Phi) is 6.83. The van der Waals surface area contributed by atoms with Crippen LogP contribution in [-0.2, 0) is 0 Å². The molecule has 0 saturated carbocycles. The highest BCUT2D eigenvalue weighted by Crippen LogP contribution is 2.36. The zero-order valence-electron chi connectivity index (χ0n) is 19.0. The van der Waals surface area contributed by atoms with Crippen LogP contribution < -0.4 is 18.9 Å². The Morgan fingerprint density at radius 2 is 1.00 bits per heavy atom. The monoisotopic (exact) mass is 433 g/mol. The number of aryl methyl sites for hydroxylation is 2. The van der Waals surface area contributed by atoms with Crippen molar-refractivity contribution in [2.45, 2.75) is 13.8 Å². The minimum atomic E-state index is -0.394. The molecular weight excluding hydrogens is 408 g/mol. The van der Waals surface area contributed by atoms with E-state index in [0.29, 0.717) is 34.1 Å². The van der Waals surface area contributed by atoms with Crippen LogP contribution in [0.15, 0.2) is 42.5 Å². The van der Waals surface area contributed by atoms with Gasteiger partial charge in [0.15, 0.2) is 0 Å². The van der Waals surface area contributed by atoms with Crippen LogP contribution in [-0.4, -0.2) is 40.0 Å². The number of carbonyl (C=O) groups is 2. The van der Waals surface area contributed by atoms with Crippen molar-refractivity contribution in [1.82, 2.24) is 0 Å². The maximum atomic E-state index is 13.9. The van der Waals surface area contributed by atoms with Crippen LogP contribution >= 0.6 is 0 Å². The van der Waals surface area contributed by atoms with Gasteiger partial charge in [-0.15, -0.1) is 0 Å². The molecule has 0 spiro atoms. The summed E-state index contributed by atoms with van der Waals surface area (Å²) in [5, 5.41) is 0. The summed E-state index contributed by atoms with van der Waals surface area (Å²) >= 11 is 0. The van der Waals surface area contributed by atoms with Crippen LogP contribution in [0.25, 0.3) is 0 Å². The average Bonchev–Trinajstić information content (AvgIpc) is 2.83. The minimum absolute atomic E-state index is 0.228. The van der Waals surface area contributed by atoms with Crippen molar-refractivity contribution in [3.05, 3.63) is 81.9 Å². The van der Waals surface area contributed by atoms with Crippen molar-refractivity contribution < 1.29 is 28.5 Å². The third kappa shape index (κ3) is 3.91. The molecule has 0 amide bonds. The lowest BCUT2D eigenvalue weighted by molar-refractivity contribution is 0.0995. The highest BCUT2D eigenvalue weighted by atomic mass is 16.5. The molecule has 3 aromatic carbocycles. The molecule has 32 heavy (non-hydrogen) atoms. The van der Waals surface area contributed by atoms with E-state index < -0.39 is 5.78 Å². The summed E-state index contributed by atoms with van der Waals surface area (Å²) < 4.78 is 21.7. The molecule has 0 aliphatic heterocycles. The summed E-state index contributed by atoms with van der Waals surface area (Å²) in [6.07, 6.45) is 0. The number of ketones is 2. The fourth-order valence-corrected chi connectivity index (χ4v) is 3.72. The molecule has 6 nitrogen and oxygen atoms in total. The quantitative estimate of drug-likeness (QED) is 0.484. The molecule has 1 radical (unpaired) electrons. The molecule has 0 N–H and O–H groups in total. The summed E-state index contributed by atoms with van der Waals surface area (Å²) in [6, 6.07) is 14.9. The molecule has 0 bridgehead atoms. The third-order valence-electron chi connectivity index (χ3n) is 5.29. The van der Waals surface area contributed by atoms with Crippen molar-refractivity contribution in [3.8, 4) is 23.0 Å². The Morgan fingerprint density at radius 1 is 0.625 bits per heavy atom. The molecule has 3 rings (SSSR count). The lowest BCUT2D eigenvalue weighted by Gasteiger charge is -2.18. The van der Waals surface area contributed by atoms with Crippen LogP contribution in [0.5, 0.6) is 23.0 Å². The molecule has 0 saturated heterocycles. The van der Waals surface area contributed by atoms with Crippen molar-refractivity contribution in [1.29, 1.82) is 0 Å². The molecule has 165 valence electrons. The summed E-state index contributed by atoms with van der Waals surface area (Å²) in [5.74, 6) is 0.632. The first kappa shape index (κ1) is 22.9. The second-order valence-corrected chi connectivity index (χ2v) is 7.08. The summed E-state index contributed by atoms with van der Waals surface area (Å²) in [5.41, 5.74) is 2.09. The molecule has 0 unspecified atom stereocenters. The topological polar surface area (TPSA) is 71.1 Å². The van der Waals surface area contributed by atoms with E-state index in [1.54, 1.807) is 56.3 Å². The van der Waals surface area contributed by atoms with Gasteiger partial charge in [0.1, 0.15) is 34.1 Å². The van der Waals surface area contributed by atoms with Crippen LogP contribution in [0, 0.1) is 19.9 Å². The number of methoxy groups -OCH3 is 4. The van der Waals surface area contributed by atoms with Crippen molar-refractivity contribution in [2.75, 3.05) is 28.4 Å². The zero-order chi connectivity index (χ0) is 23.4. The van der Waals surface area contributed by atoms with Crippen molar-refractivity contribution >= 4 is 11.6 Å². The number of rotatable bonds is 8. The Bertz CT molecular complexity index is 1040. The van der Waals surface area contributed by atoms with Crippen molar-refractivity contribution in [2.24, 2.45) is 0 Å². The first-order valence-corrected chi connectivity index (χ1v) is 9.92. The maximum absolute atomic E-state index is 13.9. The third-order valence-corrected chi connectivity index (χ3v) is 5.29. The molecule has 0 aliphatic carbocycles. The molecule has 0 fully saturated rings. The van der Waals surface area contributed by atoms with Crippen molar-refractivity contribution in [3.63, 3.8) is 0 Å². The Balaban J connectivity index is 2.31. The van der Waals surface area contributed by atoms with E-state index in [1.165, 1.54) is 28.4 Å². The van der Waals surface area contributed by atoms with E-state index in [9.17, 15) is 9.59 Å². The average molecular weight is 433 g/mol. The van der Waals surface area contributed by atoms with Gasteiger partial charge in [-0.05, 0) is 55.3 Å². The van der Waals surface area contributed by atoms with Gasteiger partial charge < -0.3 is 18.9 Å². The van der Waals surface area contributed by atoms with Crippen LogP contribution in [0.3, 0.4) is 0 Å². The Hall–Kier alpha value is -3.80. The van der Waals surface area contributed by atoms with E-state index in [0.717, 1.165) is 0 Å². The highest BCUT2D eigenvalue weighted by molar-refractivity contribution is 6.23. The SMILES string of the molecule is COc1cccc(OC)c1C(=O)c1c(C)[c]cc(C)c1C(=O)c1c(OC)cccc1OC. The second kappa shape index (κ2) is 9.56. The minimum Gasteiger partial charge on any atom is -0.496 e. The predicted molar refractivity (Wildman–Crippen MR) is 121 cm³/mol. The first-order valence-electron chi connectivity index (χ1n) is 9.92. The van der Waals surface area contributed by atoms with Gasteiger partial charge in [0.05, 0.1) is 28.4 Å². The Labute approximate surface area is 187 Å². The van der Waals surface area contributed by atoms with Gasteiger partial charge in [0, 0.05) is 11.1 Å². The van der Waals surface area contributed by atoms with Crippen LogP contribution in [0.2, 0.25) is 0 Å². The maximum Gasteiger partial charge on any atom is 0.201 e. The van der Waals surface area contributed by atoms with E-state index >= 15 is 0 Å². The largest absolute Gasteiger partial charge is 0.496 e. The lowest BCUT2D eigenvalue weighted by Crippen LogP contribution is -2.17. The summed E-state index contributed by atoms with van der Waals surface area (Å²) in [6.45, 7) is 3.51. The number of ether oxygens (including phenoxy) is 4. The Morgan fingerprint density at radius 3 is 1.38 bits per heavy atom. The smallest absolute Gasteiger partial charge is 0.201 e. The van der Waals surface area contributed by atoms with Gasteiger partial charge in [-0.1, -0.05) is 18.2 Å². The van der Waals surface area contributed by atoms with Gasteiger partial charge in [-0.2, -0.15) is 0 Å². The van der Waals surface area contributed by atoms with Crippen LogP contribution in [0.4, 0.5) is 0 Å². The van der Waals surface area contributed by atoms with E-state index in [4.69, 9.17) is 18.9 Å². The van der Waals surface area contributed by atoms with Crippen LogP contribution in [0.1, 0.15) is 43.0 Å². The molecule has 3 aromatic rings. The number of benzene rings is 3. The number of hydrogen-bond donors (Lipinski definition) is 0. The fraction of sp³-hybridized carbons (Fsp3) is 0.231. The standard InChI is InChI=1S/C26H25O6/c1-15-13-14-16(2)22(26(28)24-19(31-5)11-8-12-20(24)32-6)21(15)25(27)23-17(29-3)9-7-10-18(23)30-4/h7-13H,1-6H3. The first-order chi connectivity index (χ1) is 15.4. The molecule has 6 heteroatoms. The van der Waals surface area contributed by atoms with E-state index in [-0.39, 0.29) is 28.0 Å². The summed E-state index contributed by atoms with van der Waals surface area (Å²) in [7, 11) is 5.92. The fourth-order valence-electron chi connectivity index (χ4n) is 3.72. The molecule has 0 atom stereocenters.